The summed E-state index contributed by atoms with van der Waals surface area (Å²) in [6.45, 7) is 4.16. The number of aryl methyl sites for hydroxylation is 1. The first-order chi connectivity index (χ1) is 11.4. The third-order valence-corrected chi connectivity index (χ3v) is 3.19. The maximum Gasteiger partial charge on any atom is 0.414 e. The number of aliphatic carboxylic acids is 2. The molecule has 0 aliphatic heterocycles. The van der Waals surface area contributed by atoms with Crippen LogP contribution in [-0.2, 0) is 22.6 Å². The fraction of sp³-hybridized carbons (Fsp3) is 0.278. The first-order valence-corrected chi connectivity index (χ1v) is 7.48. The van der Waals surface area contributed by atoms with Crippen LogP contribution >= 0.6 is 0 Å². The predicted molar refractivity (Wildman–Crippen MR) is 90.7 cm³/mol. The van der Waals surface area contributed by atoms with Gasteiger partial charge in [0.1, 0.15) is 0 Å². The van der Waals surface area contributed by atoms with E-state index in [0.717, 1.165) is 25.2 Å². The Kier molecular flexibility index (Phi) is 8.15. The lowest BCUT2D eigenvalue weighted by molar-refractivity contribution is -0.159. The molecule has 128 valence electrons. The molecule has 24 heavy (non-hydrogen) atoms. The normalized spacial score (nSPS) is 9.96. The molecule has 1 aromatic carbocycles. The Labute approximate surface area is 141 Å². The number of likely N-dealkylation sites (N-methyl/N-ethyl adjacent to an activating group) is 1. The molecular formula is C18H22N2O4. The van der Waals surface area contributed by atoms with Crippen molar-refractivity contribution < 1.29 is 19.8 Å². The Balaban J connectivity index is 0.000000413. The van der Waals surface area contributed by atoms with E-state index in [9.17, 15) is 0 Å². The summed E-state index contributed by atoms with van der Waals surface area (Å²) in [6.07, 6.45) is 2.86. The molecule has 0 saturated heterocycles. The Hall–Kier alpha value is -2.73. The number of benzene rings is 1. The third-order valence-electron chi connectivity index (χ3n) is 3.19. The second kappa shape index (κ2) is 10.1. The molecule has 0 unspecified atom stereocenters. The van der Waals surface area contributed by atoms with Gasteiger partial charge in [0.15, 0.2) is 0 Å². The van der Waals surface area contributed by atoms with Crippen molar-refractivity contribution in [1.82, 2.24) is 9.88 Å². The van der Waals surface area contributed by atoms with E-state index in [1.165, 1.54) is 11.1 Å². The van der Waals surface area contributed by atoms with Crippen LogP contribution in [0.4, 0.5) is 0 Å². The maximum atomic E-state index is 9.10. The number of carboxylic acid groups (broad SMARTS) is 2. The predicted octanol–water partition coefficient (Wildman–Crippen LogP) is 2.22. The van der Waals surface area contributed by atoms with Gasteiger partial charge in [-0.25, -0.2) is 9.59 Å². The van der Waals surface area contributed by atoms with Crippen molar-refractivity contribution in [2.75, 3.05) is 13.6 Å². The Morgan fingerprint density at radius 3 is 2.33 bits per heavy atom. The number of rotatable bonds is 5. The topological polar surface area (TPSA) is 90.7 Å². The van der Waals surface area contributed by atoms with E-state index in [1.54, 1.807) is 0 Å². The lowest BCUT2D eigenvalue weighted by atomic mass is 10.1. The average Bonchev–Trinajstić information content (AvgIpc) is 2.54. The summed E-state index contributed by atoms with van der Waals surface area (Å²) in [4.78, 5) is 24.9. The molecule has 1 heterocycles. The minimum Gasteiger partial charge on any atom is -0.473 e. The number of nitrogens with zero attached hydrogens (tertiary/aromatic N) is 2. The van der Waals surface area contributed by atoms with Gasteiger partial charge in [-0.3, -0.25) is 4.98 Å². The number of pyridine rings is 1. The van der Waals surface area contributed by atoms with Crippen LogP contribution in [0.2, 0.25) is 0 Å². The van der Waals surface area contributed by atoms with Crippen LogP contribution in [0.15, 0.2) is 48.7 Å². The van der Waals surface area contributed by atoms with Crippen LogP contribution in [-0.4, -0.2) is 45.6 Å². The van der Waals surface area contributed by atoms with Crippen molar-refractivity contribution in [3.05, 3.63) is 65.5 Å². The number of aromatic nitrogens is 1. The van der Waals surface area contributed by atoms with Crippen LogP contribution in [0.5, 0.6) is 0 Å². The molecule has 2 rings (SSSR count). The molecule has 1 aromatic heterocycles. The van der Waals surface area contributed by atoms with Crippen LogP contribution < -0.4 is 0 Å². The minimum atomic E-state index is -1.82. The van der Waals surface area contributed by atoms with Crippen molar-refractivity contribution >= 4 is 11.9 Å². The molecule has 0 bridgehead atoms. The van der Waals surface area contributed by atoms with Gasteiger partial charge < -0.3 is 15.1 Å². The van der Waals surface area contributed by atoms with E-state index in [0.29, 0.717) is 0 Å². The largest absolute Gasteiger partial charge is 0.473 e. The van der Waals surface area contributed by atoms with Gasteiger partial charge in [-0.1, -0.05) is 35.9 Å². The van der Waals surface area contributed by atoms with E-state index < -0.39 is 11.9 Å². The van der Waals surface area contributed by atoms with Crippen LogP contribution in [0.3, 0.4) is 0 Å². The molecular weight excluding hydrogens is 308 g/mol. The van der Waals surface area contributed by atoms with Crippen molar-refractivity contribution in [2.24, 2.45) is 0 Å². The van der Waals surface area contributed by atoms with Crippen LogP contribution in [0.1, 0.15) is 16.8 Å². The summed E-state index contributed by atoms with van der Waals surface area (Å²) in [5.74, 6) is -3.65. The SMILES string of the molecule is Cc1cccc(CN(C)CCc2ccccn2)c1.O=C(O)C(=O)O. The fourth-order valence-corrected chi connectivity index (χ4v) is 2.05. The van der Waals surface area contributed by atoms with Gasteiger partial charge in [0.25, 0.3) is 0 Å². The highest BCUT2D eigenvalue weighted by molar-refractivity contribution is 6.27. The van der Waals surface area contributed by atoms with Gasteiger partial charge in [0, 0.05) is 31.4 Å². The van der Waals surface area contributed by atoms with E-state index in [-0.39, 0.29) is 0 Å². The zero-order chi connectivity index (χ0) is 17.9. The van der Waals surface area contributed by atoms with E-state index >= 15 is 0 Å². The number of hydrogen-bond donors (Lipinski definition) is 2. The average molecular weight is 330 g/mol. The molecule has 6 nitrogen and oxygen atoms in total. The van der Waals surface area contributed by atoms with Crippen LogP contribution in [0.25, 0.3) is 0 Å². The Morgan fingerprint density at radius 2 is 1.79 bits per heavy atom. The standard InChI is InChI=1S/C16H20N2.C2H2O4/c1-14-6-5-7-15(12-14)13-18(2)11-9-16-8-3-4-10-17-16;3-1(4)2(5)6/h3-8,10,12H,9,11,13H2,1-2H3;(H,3,4)(H,5,6). The lowest BCUT2D eigenvalue weighted by Crippen LogP contribution is -2.21. The highest BCUT2D eigenvalue weighted by Crippen LogP contribution is 2.07. The fourth-order valence-electron chi connectivity index (χ4n) is 2.05. The number of carboxylic acids is 2. The van der Waals surface area contributed by atoms with Gasteiger partial charge in [0.05, 0.1) is 0 Å². The van der Waals surface area contributed by atoms with Crippen molar-refractivity contribution in [2.45, 2.75) is 19.9 Å². The number of carbonyl (C=O) groups is 2. The van der Waals surface area contributed by atoms with Crippen molar-refractivity contribution in [3.63, 3.8) is 0 Å². The summed E-state index contributed by atoms with van der Waals surface area (Å²) in [6, 6.07) is 14.8. The quantitative estimate of drug-likeness (QED) is 0.817. The van der Waals surface area contributed by atoms with Gasteiger partial charge in [-0.15, -0.1) is 0 Å². The molecule has 0 fully saturated rings. The zero-order valence-electron chi connectivity index (χ0n) is 13.8. The molecule has 0 spiro atoms. The summed E-state index contributed by atoms with van der Waals surface area (Å²) < 4.78 is 0. The molecule has 0 aliphatic rings. The maximum absolute atomic E-state index is 9.10. The summed E-state index contributed by atoms with van der Waals surface area (Å²) >= 11 is 0. The van der Waals surface area contributed by atoms with Gasteiger partial charge in [0.2, 0.25) is 0 Å². The molecule has 0 atom stereocenters. The zero-order valence-corrected chi connectivity index (χ0v) is 13.8. The highest BCUT2D eigenvalue weighted by atomic mass is 16.4. The summed E-state index contributed by atoms with van der Waals surface area (Å²) in [7, 11) is 2.16. The third kappa shape index (κ3) is 8.05. The summed E-state index contributed by atoms with van der Waals surface area (Å²) in [5.41, 5.74) is 3.86. The van der Waals surface area contributed by atoms with Gasteiger partial charge in [-0.2, -0.15) is 0 Å². The Morgan fingerprint density at radius 1 is 1.08 bits per heavy atom. The van der Waals surface area contributed by atoms with E-state index in [2.05, 4.69) is 54.2 Å². The molecule has 0 saturated carbocycles. The molecule has 2 N–H and O–H groups in total. The Bertz CT molecular complexity index is 647. The second-order valence-electron chi connectivity index (χ2n) is 5.41. The first kappa shape index (κ1) is 19.3. The molecule has 0 amide bonds. The molecule has 2 aromatic rings. The number of hydrogen-bond acceptors (Lipinski definition) is 4. The molecule has 0 radical (unpaired) electrons. The van der Waals surface area contributed by atoms with Gasteiger partial charge >= 0.3 is 11.9 Å². The monoisotopic (exact) mass is 330 g/mol. The van der Waals surface area contributed by atoms with Crippen LogP contribution in [0, 0.1) is 6.92 Å². The molecule has 0 aliphatic carbocycles. The van der Waals surface area contributed by atoms with Crippen molar-refractivity contribution in [3.8, 4) is 0 Å². The minimum absolute atomic E-state index is 0.995. The van der Waals surface area contributed by atoms with E-state index in [4.69, 9.17) is 19.8 Å². The van der Waals surface area contributed by atoms with Gasteiger partial charge in [-0.05, 0) is 31.7 Å². The second-order valence-corrected chi connectivity index (χ2v) is 5.41. The first-order valence-electron chi connectivity index (χ1n) is 7.48. The lowest BCUT2D eigenvalue weighted by Gasteiger charge is -2.16. The highest BCUT2D eigenvalue weighted by Gasteiger charge is 2.04. The summed E-state index contributed by atoms with van der Waals surface area (Å²) in [5, 5.41) is 14.8. The molecule has 6 heteroatoms. The smallest absolute Gasteiger partial charge is 0.414 e. The van der Waals surface area contributed by atoms with E-state index in [1.807, 2.05) is 18.3 Å². The van der Waals surface area contributed by atoms with Crippen molar-refractivity contribution in [1.29, 1.82) is 0 Å².